The summed E-state index contributed by atoms with van der Waals surface area (Å²) in [6.45, 7) is 4.59. The first-order valence-corrected chi connectivity index (χ1v) is 6.21. The van der Waals surface area contributed by atoms with Crippen LogP contribution in [0.2, 0.25) is 0 Å². The lowest BCUT2D eigenvalue weighted by atomic mass is 10.0. The third kappa shape index (κ3) is 3.62. The summed E-state index contributed by atoms with van der Waals surface area (Å²) in [4.78, 5) is 11.7. The second kappa shape index (κ2) is 7.54. The molecule has 0 saturated heterocycles. The van der Waals surface area contributed by atoms with Gasteiger partial charge in [-0.1, -0.05) is 37.6 Å². The normalized spacial score (nSPS) is 11.2. The van der Waals surface area contributed by atoms with Crippen molar-refractivity contribution in [3.05, 3.63) is 35.9 Å². The summed E-state index contributed by atoms with van der Waals surface area (Å²) in [6, 6.07) is 7.52. The molecule has 1 aromatic rings. The van der Waals surface area contributed by atoms with Crippen molar-refractivity contribution in [1.82, 2.24) is 0 Å². The predicted molar refractivity (Wildman–Crippen MR) is 72.5 cm³/mol. The zero-order chi connectivity index (χ0) is 13.4. The van der Waals surface area contributed by atoms with E-state index >= 15 is 0 Å². The van der Waals surface area contributed by atoms with Crippen molar-refractivity contribution >= 4 is 11.5 Å². The molecule has 1 aromatic carbocycles. The van der Waals surface area contributed by atoms with Gasteiger partial charge in [-0.25, -0.2) is 4.79 Å². The van der Waals surface area contributed by atoms with Gasteiger partial charge in [0.2, 0.25) is 0 Å². The Kier molecular flexibility index (Phi) is 5.98. The number of rotatable bonds is 6. The average Bonchev–Trinajstić information content (AvgIpc) is 2.41. The fraction of sp³-hybridized carbons (Fsp3) is 0.400. The van der Waals surface area contributed by atoms with Crippen molar-refractivity contribution in [3.63, 3.8) is 0 Å². The van der Waals surface area contributed by atoms with Gasteiger partial charge < -0.3 is 9.47 Å². The highest BCUT2D eigenvalue weighted by Gasteiger charge is 2.15. The maximum atomic E-state index is 11.7. The van der Waals surface area contributed by atoms with Gasteiger partial charge in [-0.3, -0.25) is 0 Å². The van der Waals surface area contributed by atoms with E-state index in [9.17, 15) is 4.79 Å². The van der Waals surface area contributed by atoms with E-state index in [-0.39, 0.29) is 5.97 Å². The van der Waals surface area contributed by atoms with Crippen LogP contribution >= 0.6 is 0 Å². The SMILES string of the molecule is CC=C(C(=O)OC)c1ccccc1OCCCC. The van der Waals surface area contributed by atoms with Gasteiger partial charge in [0.15, 0.2) is 0 Å². The van der Waals surface area contributed by atoms with Crippen LogP contribution in [-0.4, -0.2) is 19.7 Å². The van der Waals surface area contributed by atoms with Crippen molar-refractivity contribution in [2.75, 3.05) is 13.7 Å². The molecule has 0 unspecified atom stereocenters. The largest absolute Gasteiger partial charge is 0.493 e. The molecule has 0 amide bonds. The molecule has 0 aromatic heterocycles. The molecule has 0 heterocycles. The number of carbonyl (C=O) groups is 1. The van der Waals surface area contributed by atoms with Gasteiger partial charge in [0, 0.05) is 5.56 Å². The highest BCUT2D eigenvalue weighted by Crippen LogP contribution is 2.27. The lowest BCUT2D eigenvalue weighted by Gasteiger charge is -2.12. The maximum absolute atomic E-state index is 11.7. The molecule has 0 radical (unpaired) electrons. The number of ether oxygens (including phenoxy) is 2. The van der Waals surface area contributed by atoms with Crippen LogP contribution in [0.4, 0.5) is 0 Å². The van der Waals surface area contributed by atoms with Gasteiger partial charge in [-0.2, -0.15) is 0 Å². The van der Waals surface area contributed by atoms with Crippen molar-refractivity contribution in [2.45, 2.75) is 26.7 Å². The number of unbranched alkanes of at least 4 members (excludes halogenated alkanes) is 1. The number of methoxy groups -OCH3 is 1. The number of allylic oxidation sites excluding steroid dienone is 1. The summed E-state index contributed by atoms with van der Waals surface area (Å²) >= 11 is 0. The molecule has 18 heavy (non-hydrogen) atoms. The Hall–Kier alpha value is -1.77. The van der Waals surface area contributed by atoms with Crippen LogP contribution in [0.5, 0.6) is 5.75 Å². The number of benzene rings is 1. The first-order chi connectivity index (χ1) is 8.74. The van der Waals surface area contributed by atoms with E-state index in [0.717, 1.165) is 24.2 Å². The Morgan fingerprint density at radius 3 is 2.67 bits per heavy atom. The average molecular weight is 248 g/mol. The standard InChI is InChI=1S/C15H20O3/c1-4-6-11-18-14-10-8-7-9-13(14)12(5-2)15(16)17-3/h5,7-10H,4,6,11H2,1-3H3. The number of hydrogen-bond acceptors (Lipinski definition) is 3. The lowest BCUT2D eigenvalue weighted by molar-refractivity contribution is -0.133. The fourth-order valence-electron chi connectivity index (χ4n) is 1.63. The molecular weight excluding hydrogens is 228 g/mol. The second-order valence-electron chi connectivity index (χ2n) is 3.89. The summed E-state index contributed by atoms with van der Waals surface area (Å²) in [5.41, 5.74) is 1.31. The molecule has 0 saturated carbocycles. The molecule has 1 rings (SSSR count). The first-order valence-electron chi connectivity index (χ1n) is 6.21. The number of para-hydroxylation sites is 1. The van der Waals surface area contributed by atoms with E-state index in [1.807, 2.05) is 31.2 Å². The molecule has 0 spiro atoms. The van der Waals surface area contributed by atoms with E-state index < -0.39 is 0 Å². The van der Waals surface area contributed by atoms with E-state index in [0.29, 0.717) is 12.2 Å². The van der Waals surface area contributed by atoms with Crippen molar-refractivity contribution in [2.24, 2.45) is 0 Å². The quantitative estimate of drug-likeness (QED) is 0.439. The van der Waals surface area contributed by atoms with Gasteiger partial charge >= 0.3 is 5.97 Å². The van der Waals surface area contributed by atoms with Crippen LogP contribution in [0, 0.1) is 0 Å². The van der Waals surface area contributed by atoms with Gasteiger partial charge in [0.1, 0.15) is 5.75 Å². The summed E-state index contributed by atoms with van der Waals surface area (Å²) in [5.74, 6) is 0.383. The monoisotopic (exact) mass is 248 g/mol. The van der Waals surface area contributed by atoms with E-state index in [1.54, 1.807) is 6.08 Å². The van der Waals surface area contributed by atoms with Crippen LogP contribution in [-0.2, 0) is 9.53 Å². The Morgan fingerprint density at radius 1 is 1.33 bits per heavy atom. The van der Waals surface area contributed by atoms with Gasteiger partial charge in [0.05, 0.1) is 19.3 Å². The molecule has 0 bridgehead atoms. The maximum Gasteiger partial charge on any atom is 0.338 e. The van der Waals surface area contributed by atoms with E-state index in [2.05, 4.69) is 6.92 Å². The molecule has 3 heteroatoms. The zero-order valence-corrected chi connectivity index (χ0v) is 11.2. The molecule has 3 nitrogen and oxygen atoms in total. The Labute approximate surface area is 108 Å². The number of carbonyl (C=O) groups excluding carboxylic acids is 1. The third-order valence-corrected chi connectivity index (χ3v) is 2.63. The van der Waals surface area contributed by atoms with Crippen LogP contribution in [0.25, 0.3) is 5.57 Å². The second-order valence-corrected chi connectivity index (χ2v) is 3.89. The van der Waals surface area contributed by atoms with Crippen LogP contribution in [0.1, 0.15) is 32.3 Å². The zero-order valence-electron chi connectivity index (χ0n) is 11.2. The van der Waals surface area contributed by atoms with Crippen molar-refractivity contribution in [3.8, 4) is 5.75 Å². The van der Waals surface area contributed by atoms with Crippen molar-refractivity contribution < 1.29 is 14.3 Å². The predicted octanol–water partition coefficient (Wildman–Crippen LogP) is 3.44. The number of esters is 1. The number of hydrogen-bond donors (Lipinski definition) is 0. The van der Waals surface area contributed by atoms with Gasteiger partial charge in [-0.05, 0) is 19.4 Å². The van der Waals surface area contributed by atoms with Crippen LogP contribution in [0.3, 0.4) is 0 Å². The highest BCUT2D eigenvalue weighted by atomic mass is 16.5. The summed E-state index contributed by atoms with van der Waals surface area (Å²) < 4.78 is 10.5. The Balaban J connectivity index is 2.96. The molecular formula is C15H20O3. The minimum absolute atomic E-state index is 0.343. The summed E-state index contributed by atoms with van der Waals surface area (Å²) in [6.07, 6.45) is 3.82. The van der Waals surface area contributed by atoms with Crippen molar-refractivity contribution in [1.29, 1.82) is 0 Å². The molecule has 98 valence electrons. The first kappa shape index (κ1) is 14.3. The van der Waals surface area contributed by atoms with E-state index in [1.165, 1.54) is 7.11 Å². The molecule has 0 N–H and O–H groups in total. The topological polar surface area (TPSA) is 35.5 Å². The summed E-state index contributed by atoms with van der Waals surface area (Å²) in [7, 11) is 1.38. The van der Waals surface area contributed by atoms with Gasteiger partial charge in [0.25, 0.3) is 0 Å². The molecule has 0 atom stereocenters. The van der Waals surface area contributed by atoms with E-state index in [4.69, 9.17) is 9.47 Å². The Morgan fingerprint density at radius 2 is 2.06 bits per heavy atom. The minimum Gasteiger partial charge on any atom is -0.493 e. The molecule has 0 aliphatic carbocycles. The highest BCUT2D eigenvalue weighted by molar-refractivity contribution is 6.17. The Bertz CT molecular complexity index is 422. The lowest BCUT2D eigenvalue weighted by Crippen LogP contribution is -2.06. The smallest absolute Gasteiger partial charge is 0.338 e. The molecule has 0 fully saturated rings. The van der Waals surface area contributed by atoms with Gasteiger partial charge in [-0.15, -0.1) is 0 Å². The molecule has 0 aliphatic heterocycles. The fourth-order valence-corrected chi connectivity index (χ4v) is 1.63. The molecule has 0 aliphatic rings. The minimum atomic E-state index is -0.343. The van der Waals surface area contributed by atoms with Crippen LogP contribution in [0.15, 0.2) is 30.3 Å². The third-order valence-electron chi connectivity index (χ3n) is 2.63. The van der Waals surface area contributed by atoms with Crippen LogP contribution < -0.4 is 4.74 Å². The summed E-state index contributed by atoms with van der Waals surface area (Å²) in [5, 5.41) is 0.